The Morgan fingerprint density at radius 2 is 1.43 bits per heavy atom. The van der Waals surface area contributed by atoms with Crippen molar-refractivity contribution >= 4 is 31.9 Å². The van der Waals surface area contributed by atoms with E-state index in [2.05, 4.69) is 10.2 Å². The zero-order valence-electron chi connectivity index (χ0n) is 16.1. The van der Waals surface area contributed by atoms with Crippen molar-refractivity contribution in [3.63, 3.8) is 0 Å². The van der Waals surface area contributed by atoms with E-state index in [9.17, 15) is 8.42 Å². The molecule has 5 rings (SSSR count). The lowest BCUT2D eigenvalue weighted by Crippen LogP contribution is -2.12. The first kappa shape index (κ1) is 18.3. The van der Waals surface area contributed by atoms with Crippen LogP contribution in [0.1, 0.15) is 5.56 Å². The van der Waals surface area contributed by atoms with Crippen molar-refractivity contribution in [2.24, 2.45) is 0 Å². The molecule has 0 unspecified atom stereocenters. The lowest BCUT2D eigenvalue weighted by Gasteiger charge is -2.12. The molecule has 0 amide bonds. The Balaban J connectivity index is 1.58. The number of aryl methyl sites for hydroxylation is 1. The van der Waals surface area contributed by atoms with E-state index in [1.807, 2.05) is 55.5 Å². The van der Waals surface area contributed by atoms with Crippen LogP contribution in [-0.4, -0.2) is 23.4 Å². The number of nitrogens with zero attached hydrogens (tertiary/aromatic N) is 3. The number of benzene rings is 4. The largest absolute Gasteiger partial charge is 0.377 e. The molecule has 0 atom stereocenters. The van der Waals surface area contributed by atoms with Gasteiger partial charge in [-0.2, -0.15) is 8.42 Å². The zero-order chi connectivity index (χ0) is 20.7. The van der Waals surface area contributed by atoms with Gasteiger partial charge in [0.25, 0.3) is 0 Å². The van der Waals surface area contributed by atoms with Crippen LogP contribution in [0.3, 0.4) is 0 Å². The van der Waals surface area contributed by atoms with Gasteiger partial charge in [-0.05, 0) is 59.7 Å². The van der Waals surface area contributed by atoms with Gasteiger partial charge in [-0.1, -0.05) is 48.5 Å². The van der Waals surface area contributed by atoms with E-state index < -0.39 is 10.1 Å². The van der Waals surface area contributed by atoms with Crippen LogP contribution in [0, 0.1) is 6.92 Å². The maximum absolute atomic E-state index is 13.0. The maximum atomic E-state index is 13.0. The standard InChI is InChI=1S/C23H17N3O3S/c1-16-10-13-23(22(14-16)26-24-20-8-4-5-9-21(20)25-26)29-30(27,28)19-12-11-17-6-2-3-7-18(17)15-19/h2-15H,1H3. The first-order chi connectivity index (χ1) is 14.5. The summed E-state index contributed by atoms with van der Waals surface area (Å²) in [5.41, 5.74) is 2.81. The van der Waals surface area contributed by atoms with Crippen LogP contribution in [0.5, 0.6) is 5.75 Å². The van der Waals surface area contributed by atoms with Crippen molar-refractivity contribution in [3.8, 4) is 11.4 Å². The summed E-state index contributed by atoms with van der Waals surface area (Å²) in [6.07, 6.45) is 0. The molecule has 1 aromatic heterocycles. The second-order valence-corrected chi connectivity index (χ2v) is 8.54. The van der Waals surface area contributed by atoms with Crippen LogP contribution in [0.2, 0.25) is 0 Å². The second-order valence-electron chi connectivity index (χ2n) is 7.00. The highest BCUT2D eigenvalue weighted by Gasteiger charge is 2.21. The summed E-state index contributed by atoms with van der Waals surface area (Å²) >= 11 is 0. The Morgan fingerprint density at radius 1 is 0.767 bits per heavy atom. The molecule has 0 radical (unpaired) electrons. The average molecular weight is 415 g/mol. The monoisotopic (exact) mass is 415 g/mol. The van der Waals surface area contributed by atoms with Crippen molar-refractivity contribution in [2.75, 3.05) is 0 Å². The highest BCUT2D eigenvalue weighted by molar-refractivity contribution is 7.87. The van der Waals surface area contributed by atoms with E-state index in [0.29, 0.717) is 16.7 Å². The van der Waals surface area contributed by atoms with Crippen LogP contribution in [0.15, 0.2) is 89.8 Å². The summed E-state index contributed by atoms with van der Waals surface area (Å²) in [6, 6.07) is 25.1. The van der Waals surface area contributed by atoms with Gasteiger partial charge in [-0.15, -0.1) is 15.0 Å². The third-order valence-corrected chi connectivity index (χ3v) is 6.06. The Morgan fingerprint density at radius 3 is 2.17 bits per heavy atom. The first-order valence-corrected chi connectivity index (χ1v) is 10.8. The van der Waals surface area contributed by atoms with Gasteiger partial charge >= 0.3 is 10.1 Å². The number of aromatic nitrogens is 3. The number of hydrogen-bond donors (Lipinski definition) is 0. The highest BCUT2D eigenvalue weighted by atomic mass is 32.2. The van der Waals surface area contributed by atoms with Crippen molar-refractivity contribution in [2.45, 2.75) is 11.8 Å². The molecule has 0 fully saturated rings. The quantitative estimate of drug-likeness (QED) is 0.400. The molecule has 1 heterocycles. The molecule has 148 valence electrons. The van der Waals surface area contributed by atoms with E-state index in [1.54, 1.807) is 36.4 Å². The topological polar surface area (TPSA) is 74.1 Å². The summed E-state index contributed by atoms with van der Waals surface area (Å²) in [5.74, 6) is 0.161. The van der Waals surface area contributed by atoms with Gasteiger partial charge in [-0.3, -0.25) is 0 Å². The summed E-state index contributed by atoms with van der Waals surface area (Å²) in [6.45, 7) is 1.91. The van der Waals surface area contributed by atoms with E-state index in [0.717, 1.165) is 16.3 Å². The van der Waals surface area contributed by atoms with E-state index in [-0.39, 0.29) is 10.6 Å². The van der Waals surface area contributed by atoms with Crippen LogP contribution in [-0.2, 0) is 10.1 Å². The summed E-state index contributed by atoms with van der Waals surface area (Å²) in [7, 11) is -4.05. The van der Waals surface area contributed by atoms with Gasteiger partial charge < -0.3 is 4.18 Å². The van der Waals surface area contributed by atoms with Crippen LogP contribution >= 0.6 is 0 Å². The smallest absolute Gasteiger partial charge is 0.339 e. The first-order valence-electron chi connectivity index (χ1n) is 9.36. The van der Waals surface area contributed by atoms with Gasteiger partial charge in [0.05, 0.1) is 0 Å². The van der Waals surface area contributed by atoms with Gasteiger partial charge in [0, 0.05) is 0 Å². The molecule has 0 saturated heterocycles. The Labute approximate surface area is 173 Å². The highest BCUT2D eigenvalue weighted by Crippen LogP contribution is 2.28. The lowest BCUT2D eigenvalue weighted by atomic mass is 10.1. The fraction of sp³-hybridized carbons (Fsp3) is 0.0435. The van der Waals surface area contributed by atoms with Crippen LogP contribution < -0.4 is 4.18 Å². The molecule has 0 aliphatic carbocycles. The van der Waals surface area contributed by atoms with Crippen molar-refractivity contribution in [1.82, 2.24) is 15.0 Å². The van der Waals surface area contributed by atoms with E-state index in [1.165, 1.54) is 4.80 Å². The second kappa shape index (κ2) is 6.96. The maximum Gasteiger partial charge on any atom is 0.339 e. The Kier molecular flexibility index (Phi) is 4.25. The van der Waals surface area contributed by atoms with Crippen LogP contribution in [0.4, 0.5) is 0 Å². The molecule has 6 nitrogen and oxygen atoms in total. The molecule has 4 aromatic carbocycles. The minimum Gasteiger partial charge on any atom is -0.377 e. The van der Waals surface area contributed by atoms with Gasteiger partial charge in [0.15, 0.2) is 5.75 Å². The number of hydrogen-bond acceptors (Lipinski definition) is 5. The number of fused-ring (bicyclic) bond motifs is 2. The molecule has 5 aromatic rings. The normalized spacial score (nSPS) is 11.8. The summed E-state index contributed by atoms with van der Waals surface area (Å²) < 4.78 is 31.6. The van der Waals surface area contributed by atoms with E-state index >= 15 is 0 Å². The molecule has 7 heteroatoms. The van der Waals surface area contributed by atoms with Gasteiger partial charge in [-0.25, -0.2) is 0 Å². The lowest BCUT2D eigenvalue weighted by molar-refractivity contribution is 0.482. The molecule has 0 aliphatic heterocycles. The third kappa shape index (κ3) is 3.29. The SMILES string of the molecule is Cc1ccc(OS(=O)(=O)c2ccc3ccccc3c2)c(-n2nc3ccccc3n2)c1. The fourth-order valence-electron chi connectivity index (χ4n) is 3.31. The Bertz CT molecular complexity index is 1470. The Hall–Kier alpha value is -3.71. The predicted octanol–water partition coefficient (Wildman–Crippen LogP) is 4.65. The molecule has 0 bridgehead atoms. The summed E-state index contributed by atoms with van der Waals surface area (Å²) in [4.78, 5) is 1.49. The molecular weight excluding hydrogens is 398 g/mol. The molecular formula is C23H17N3O3S. The fourth-order valence-corrected chi connectivity index (χ4v) is 4.29. The molecule has 0 N–H and O–H groups in total. The minimum absolute atomic E-state index is 0.0892. The number of rotatable bonds is 4. The van der Waals surface area contributed by atoms with Crippen molar-refractivity contribution in [3.05, 3.63) is 90.5 Å². The van der Waals surface area contributed by atoms with E-state index in [4.69, 9.17) is 4.18 Å². The molecule has 30 heavy (non-hydrogen) atoms. The average Bonchev–Trinajstić information content (AvgIpc) is 3.18. The van der Waals surface area contributed by atoms with Crippen LogP contribution in [0.25, 0.3) is 27.5 Å². The van der Waals surface area contributed by atoms with Gasteiger partial charge in [0.2, 0.25) is 0 Å². The third-order valence-electron chi connectivity index (χ3n) is 4.83. The molecule has 0 aliphatic rings. The van der Waals surface area contributed by atoms with Gasteiger partial charge in [0.1, 0.15) is 21.6 Å². The zero-order valence-corrected chi connectivity index (χ0v) is 16.9. The molecule has 0 spiro atoms. The summed E-state index contributed by atoms with van der Waals surface area (Å²) in [5, 5.41) is 10.7. The van der Waals surface area contributed by atoms with Crippen molar-refractivity contribution in [1.29, 1.82) is 0 Å². The minimum atomic E-state index is -4.05. The van der Waals surface area contributed by atoms with Crippen molar-refractivity contribution < 1.29 is 12.6 Å². The molecule has 0 saturated carbocycles. The predicted molar refractivity (Wildman–Crippen MR) is 115 cm³/mol.